The summed E-state index contributed by atoms with van der Waals surface area (Å²) in [6, 6.07) is 18.2. The molecule has 0 radical (unpaired) electrons. The van der Waals surface area contributed by atoms with Gasteiger partial charge in [-0.1, -0.05) is 129 Å². The van der Waals surface area contributed by atoms with Crippen molar-refractivity contribution in [1.29, 1.82) is 0 Å². The molecule has 0 heteroatoms. The lowest BCUT2D eigenvalue weighted by atomic mass is 9.71. The Bertz CT molecular complexity index is 980. The maximum atomic E-state index is 4.62. The minimum absolute atomic E-state index is 0.169. The Morgan fingerprint density at radius 3 is 1.61 bits per heavy atom. The van der Waals surface area contributed by atoms with E-state index in [-0.39, 0.29) is 10.8 Å². The maximum Gasteiger partial charge on any atom is 0.0121 e. The van der Waals surface area contributed by atoms with E-state index in [0.717, 1.165) is 6.42 Å². The molecule has 2 unspecified atom stereocenters. The van der Waals surface area contributed by atoms with E-state index in [1.165, 1.54) is 39.0 Å². The Labute approximate surface area is 190 Å². The molecular formula is C31H40. The van der Waals surface area contributed by atoms with Gasteiger partial charge in [0.2, 0.25) is 0 Å². The zero-order valence-corrected chi connectivity index (χ0v) is 20.8. The van der Waals surface area contributed by atoms with Crippen LogP contribution in [0, 0.1) is 11.8 Å². The van der Waals surface area contributed by atoms with Crippen LogP contribution in [0.15, 0.2) is 72.8 Å². The summed E-state index contributed by atoms with van der Waals surface area (Å²) in [5, 5.41) is 0. The van der Waals surface area contributed by atoms with Crippen molar-refractivity contribution in [1.82, 2.24) is 0 Å². The fourth-order valence-electron chi connectivity index (χ4n) is 4.49. The second-order valence-electron chi connectivity index (χ2n) is 11.2. The van der Waals surface area contributed by atoms with Gasteiger partial charge in [0.15, 0.2) is 0 Å². The molecule has 31 heavy (non-hydrogen) atoms. The van der Waals surface area contributed by atoms with Crippen molar-refractivity contribution < 1.29 is 0 Å². The monoisotopic (exact) mass is 412 g/mol. The van der Waals surface area contributed by atoms with Crippen molar-refractivity contribution in [3.63, 3.8) is 0 Å². The molecule has 0 saturated carbocycles. The second-order valence-corrected chi connectivity index (χ2v) is 11.2. The second kappa shape index (κ2) is 8.65. The molecule has 3 rings (SSSR count). The molecule has 0 N–H and O–H groups in total. The van der Waals surface area contributed by atoms with Gasteiger partial charge in [0.25, 0.3) is 0 Å². The lowest BCUT2D eigenvalue weighted by molar-refractivity contribution is 0.483. The van der Waals surface area contributed by atoms with Gasteiger partial charge in [-0.2, -0.15) is 0 Å². The van der Waals surface area contributed by atoms with Crippen molar-refractivity contribution in [3.05, 3.63) is 95.1 Å². The highest BCUT2D eigenvalue weighted by atomic mass is 14.3. The third kappa shape index (κ3) is 4.95. The van der Waals surface area contributed by atoms with Gasteiger partial charge in [-0.15, -0.1) is 0 Å². The molecule has 0 nitrogen and oxygen atoms in total. The summed E-state index contributed by atoms with van der Waals surface area (Å²) in [5.74, 6) is 0.881. The van der Waals surface area contributed by atoms with Crippen LogP contribution in [-0.2, 0) is 10.8 Å². The van der Waals surface area contributed by atoms with E-state index in [1.807, 2.05) is 0 Å². The number of allylic oxidation sites excluding steroid dienone is 5. The zero-order chi connectivity index (χ0) is 23.0. The normalized spacial score (nSPS) is 18.5. The van der Waals surface area contributed by atoms with E-state index < -0.39 is 0 Å². The lowest BCUT2D eigenvalue weighted by Crippen LogP contribution is -2.19. The molecule has 0 aromatic heterocycles. The summed E-state index contributed by atoms with van der Waals surface area (Å²) in [6.45, 7) is 22.9. The van der Waals surface area contributed by atoms with Gasteiger partial charge >= 0.3 is 0 Å². The molecule has 1 aliphatic rings. The van der Waals surface area contributed by atoms with Gasteiger partial charge in [-0.25, -0.2) is 0 Å². The van der Waals surface area contributed by atoms with Crippen molar-refractivity contribution in [3.8, 4) is 0 Å². The zero-order valence-electron chi connectivity index (χ0n) is 20.8. The standard InChI is InChI=1S/C31H40/c1-10-21(2)29-22(3)27(23-11-15-25(16-12-23)30(4,5)6)19-20-28(29)24-13-17-26(18-14-24)31(7,8)9/h11-21,29H,3,10H2,1-2,4-9H3. The van der Waals surface area contributed by atoms with Crippen molar-refractivity contribution >= 4 is 11.1 Å². The van der Waals surface area contributed by atoms with Gasteiger partial charge in [0.05, 0.1) is 0 Å². The summed E-state index contributed by atoms with van der Waals surface area (Å²) >= 11 is 0. The van der Waals surface area contributed by atoms with Gasteiger partial charge < -0.3 is 0 Å². The van der Waals surface area contributed by atoms with E-state index in [0.29, 0.717) is 11.8 Å². The van der Waals surface area contributed by atoms with Crippen LogP contribution in [0.4, 0.5) is 0 Å². The highest BCUT2D eigenvalue weighted by Crippen LogP contribution is 2.45. The van der Waals surface area contributed by atoms with Gasteiger partial charge in [0, 0.05) is 5.92 Å². The number of benzene rings is 2. The first-order valence-corrected chi connectivity index (χ1v) is 11.8. The third-order valence-corrected chi connectivity index (χ3v) is 6.85. The molecule has 1 aliphatic carbocycles. The van der Waals surface area contributed by atoms with Gasteiger partial charge in [-0.3, -0.25) is 0 Å². The molecule has 2 atom stereocenters. The van der Waals surface area contributed by atoms with E-state index in [2.05, 4.69) is 123 Å². The Hall–Kier alpha value is -2.34. The first-order valence-electron chi connectivity index (χ1n) is 11.8. The molecule has 164 valence electrons. The van der Waals surface area contributed by atoms with Crippen LogP contribution < -0.4 is 0 Å². The Morgan fingerprint density at radius 2 is 1.19 bits per heavy atom. The highest BCUT2D eigenvalue weighted by molar-refractivity contribution is 5.89. The summed E-state index contributed by atoms with van der Waals surface area (Å²) in [5.41, 5.74) is 9.59. The minimum Gasteiger partial charge on any atom is -0.0946 e. The topological polar surface area (TPSA) is 0 Å². The quantitative estimate of drug-likeness (QED) is 0.470. The SMILES string of the molecule is C=C1C(c2ccc(C(C)(C)C)cc2)=CC=C(c2ccc(C(C)(C)C)cc2)C1C(C)CC. The number of hydrogen-bond acceptors (Lipinski definition) is 0. The van der Waals surface area contributed by atoms with Gasteiger partial charge in [0.1, 0.15) is 0 Å². The van der Waals surface area contributed by atoms with Crippen molar-refractivity contribution in [2.75, 3.05) is 0 Å². The molecule has 0 spiro atoms. The molecule has 0 heterocycles. The third-order valence-electron chi connectivity index (χ3n) is 6.85. The van der Waals surface area contributed by atoms with Crippen LogP contribution in [-0.4, -0.2) is 0 Å². The molecule has 0 fully saturated rings. The van der Waals surface area contributed by atoms with Crippen molar-refractivity contribution in [2.45, 2.75) is 72.6 Å². The lowest BCUT2D eigenvalue weighted by Gasteiger charge is -2.33. The summed E-state index contributed by atoms with van der Waals surface area (Å²) in [7, 11) is 0. The summed E-state index contributed by atoms with van der Waals surface area (Å²) < 4.78 is 0. The molecule has 2 aromatic rings. The maximum absolute atomic E-state index is 4.62. The molecular weight excluding hydrogens is 372 g/mol. The van der Waals surface area contributed by atoms with Crippen molar-refractivity contribution in [2.24, 2.45) is 11.8 Å². The van der Waals surface area contributed by atoms with E-state index in [4.69, 9.17) is 0 Å². The van der Waals surface area contributed by atoms with E-state index >= 15 is 0 Å². The number of rotatable bonds is 4. The largest absolute Gasteiger partial charge is 0.0946 e. The van der Waals surface area contributed by atoms with Crippen LogP contribution in [0.2, 0.25) is 0 Å². The Kier molecular flexibility index (Phi) is 6.51. The van der Waals surface area contributed by atoms with E-state index in [9.17, 15) is 0 Å². The summed E-state index contributed by atoms with van der Waals surface area (Å²) in [6.07, 6.45) is 5.75. The summed E-state index contributed by atoms with van der Waals surface area (Å²) in [4.78, 5) is 0. The predicted molar refractivity (Wildman–Crippen MR) is 138 cm³/mol. The molecule has 0 aliphatic heterocycles. The van der Waals surface area contributed by atoms with Crippen LogP contribution >= 0.6 is 0 Å². The predicted octanol–water partition coefficient (Wildman–Crippen LogP) is 8.98. The first-order chi connectivity index (χ1) is 14.4. The molecule has 0 saturated heterocycles. The Morgan fingerprint density at radius 1 is 0.742 bits per heavy atom. The van der Waals surface area contributed by atoms with Gasteiger partial charge in [-0.05, 0) is 55.7 Å². The molecule has 2 aromatic carbocycles. The average Bonchev–Trinajstić information content (AvgIpc) is 2.72. The highest BCUT2D eigenvalue weighted by Gasteiger charge is 2.29. The van der Waals surface area contributed by atoms with Crippen LogP contribution in [0.25, 0.3) is 11.1 Å². The van der Waals surface area contributed by atoms with Crippen LogP contribution in [0.1, 0.15) is 84.1 Å². The average molecular weight is 413 g/mol. The molecule has 0 bridgehead atoms. The molecule has 0 amide bonds. The van der Waals surface area contributed by atoms with E-state index in [1.54, 1.807) is 0 Å². The smallest absolute Gasteiger partial charge is 0.0121 e. The van der Waals surface area contributed by atoms with Crippen LogP contribution in [0.3, 0.4) is 0 Å². The fourth-order valence-corrected chi connectivity index (χ4v) is 4.49. The minimum atomic E-state index is 0.169. The Balaban J connectivity index is 2.02. The number of hydrogen-bond donors (Lipinski definition) is 0. The first kappa shape index (κ1) is 23.3. The fraction of sp³-hybridized carbons (Fsp3) is 0.419. The van der Waals surface area contributed by atoms with Crippen LogP contribution in [0.5, 0.6) is 0 Å².